The van der Waals surface area contributed by atoms with Crippen LogP contribution in [0.15, 0.2) is 24.3 Å². The van der Waals surface area contributed by atoms with E-state index in [0.717, 1.165) is 0 Å². The standard InChI is InChI=1S/C13H18N2O3S/c1-8(16)9(2)19-7-12(17)15-11-5-3-10(4-6-11)13(14)18/h3-6,8-9,16H,7H2,1-2H3,(H2,14,18)(H,15,17). The molecule has 5 nitrogen and oxygen atoms in total. The van der Waals surface area contributed by atoms with Crippen LogP contribution in [0, 0.1) is 0 Å². The Morgan fingerprint density at radius 1 is 1.32 bits per heavy atom. The van der Waals surface area contributed by atoms with Gasteiger partial charge in [0.1, 0.15) is 0 Å². The molecule has 0 spiro atoms. The average molecular weight is 282 g/mol. The van der Waals surface area contributed by atoms with Crippen LogP contribution in [-0.2, 0) is 4.79 Å². The second-order valence-corrected chi connectivity index (χ2v) is 5.61. The van der Waals surface area contributed by atoms with E-state index < -0.39 is 12.0 Å². The zero-order valence-electron chi connectivity index (χ0n) is 10.9. The first-order valence-electron chi connectivity index (χ1n) is 5.89. The fourth-order valence-electron chi connectivity index (χ4n) is 1.26. The van der Waals surface area contributed by atoms with Crippen molar-refractivity contribution in [3.05, 3.63) is 29.8 Å². The lowest BCUT2D eigenvalue weighted by molar-refractivity contribution is -0.113. The molecular formula is C13H18N2O3S. The zero-order valence-corrected chi connectivity index (χ0v) is 11.7. The topological polar surface area (TPSA) is 92.4 Å². The fourth-order valence-corrected chi connectivity index (χ4v) is 2.03. The second kappa shape index (κ2) is 7.16. The molecular weight excluding hydrogens is 264 g/mol. The van der Waals surface area contributed by atoms with E-state index in [4.69, 9.17) is 5.73 Å². The number of carbonyl (C=O) groups is 2. The molecule has 104 valence electrons. The van der Waals surface area contributed by atoms with Crippen molar-refractivity contribution in [2.75, 3.05) is 11.1 Å². The molecule has 2 atom stereocenters. The number of aliphatic hydroxyl groups is 1. The summed E-state index contributed by atoms with van der Waals surface area (Å²) in [6, 6.07) is 6.37. The molecule has 19 heavy (non-hydrogen) atoms. The number of anilines is 1. The van der Waals surface area contributed by atoms with Gasteiger partial charge in [0, 0.05) is 16.5 Å². The molecule has 0 aromatic heterocycles. The lowest BCUT2D eigenvalue weighted by Crippen LogP contribution is -2.20. The molecule has 1 aromatic rings. The van der Waals surface area contributed by atoms with Gasteiger partial charge in [-0.1, -0.05) is 6.92 Å². The lowest BCUT2D eigenvalue weighted by atomic mass is 10.2. The van der Waals surface area contributed by atoms with E-state index in [1.165, 1.54) is 11.8 Å². The van der Waals surface area contributed by atoms with Crippen LogP contribution in [0.3, 0.4) is 0 Å². The summed E-state index contributed by atoms with van der Waals surface area (Å²) in [7, 11) is 0. The molecule has 0 saturated heterocycles. The Morgan fingerprint density at radius 3 is 2.37 bits per heavy atom. The average Bonchev–Trinajstić information content (AvgIpc) is 2.36. The second-order valence-electron chi connectivity index (χ2n) is 4.25. The van der Waals surface area contributed by atoms with E-state index in [0.29, 0.717) is 11.3 Å². The Hall–Kier alpha value is -1.53. The van der Waals surface area contributed by atoms with Crippen molar-refractivity contribution in [3.8, 4) is 0 Å². The van der Waals surface area contributed by atoms with Gasteiger partial charge in [0.15, 0.2) is 0 Å². The third kappa shape index (κ3) is 5.32. The molecule has 0 radical (unpaired) electrons. The van der Waals surface area contributed by atoms with Crippen molar-refractivity contribution in [3.63, 3.8) is 0 Å². The van der Waals surface area contributed by atoms with Gasteiger partial charge in [-0.05, 0) is 31.2 Å². The Morgan fingerprint density at radius 2 is 1.89 bits per heavy atom. The number of aliphatic hydroxyl groups excluding tert-OH is 1. The van der Waals surface area contributed by atoms with Crippen molar-refractivity contribution < 1.29 is 14.7 Å². The summed E-state index contributed by atoms with van der Waals surface area (Å²) in [5, 5.41) is 12.0. The normalized spacial score (nSPS) is 13.6. The van der Waals surface area contributed by atoms with Crippen LogP contribution in [0.4, 0.5) is 5.69 Å². The number of amides is 2. The number of primary amides is 1. The molecule has 0 aliphatic carbocycles. The Balaban J connectivity index is 2.46. The first-order chi connectivity index (χ1) is 8.90. The van der Waals surface area contributed by atoms with Crippen LogP contribution in [0.25, 0.3) is 0 Å². The predicted molar refractivity (Wildman–Crippen MR) is 77.2 cm³/mol. The van der Waals surface area contributed by atoms with Crippen LogP contribution in [0.5, 0.6) is 0 Å². The van der Waals surface area contributed by atoms with Crippen LogP contribution in [-0.4, -0.2) is 34.0 Å². The summed E-state index contributed by atoms with van der Waals surface area (Å²) >= 11 is 1.38. The van der Waals surface area contributed by atoms with Crippen molar-refractivity contribution in [1.29, 1.82) is 0 Å². The summed E-state index contributed by atoms with van der Waals surface area (Å²) in [5.41, 5.74) is 6.13. The molecule has 0 fully saturated rings. The van der Waals surface area contributed by atoms with Gasteiger partial charge in [-0.15, -0.1) is 11.8 Å². The maximum absolute atomic E-state index is 11.7. The van der Waals surface area contributed by atoms with Gasteiger partial charge in [0.05, 0.1) is 11.9 Å². The molecule has 0 aliphatic heterocycles. The number of thioether (sulfide) groups is 1. The van der Waals surface area contributed by atoms with Gasteiger partial charge in [0.25, 0.3) is 0 Å². The van der Waals surface area contributed by atoms with Gasteiger partial charge in [-0.2, -0.15) is 0 Å². The smallest absolute Gasteiger partial charge is 0.248 e. The number of nitrogens with one attached hydrogen (secondary N) is 1. The van der Waals surface area contributed by atoms with E-state index in [9.17, 15) is 14.7 Å². The molecule has 0 heterocycles. The molecule has 2 amide bonds. The maximum Gasteiger partial charge on any atom is 0.248 e. The monoisotopic (exact) mass is 282 g/mol. The molecule has 0 aliphatic rings. The summed E-state index contributed by atoms with van der Waals surface area (Å²) in [5.74, 6) is -0.382. The van der Waals surface area contributed by atoms with Crippen LogP contribution < -0.4 is 11.1 Å². The van der Waals surface area contributed by atoms with E-state index in [-0.39, 0.29) is 16.9 Å². The summed E-state index contributed by atoms with van der Waals surface area (Å²) in [6.07, 6.45) is -0.451. The number of hydrogen-bond donors (Lipinski definition) is 3. The minimum absolute atomic E-state index is 0.00277. The molecule has 0 bridgehead atoms. The van der Waals surface area contributed by atoms with Crippen LogP contribution >= 0.6 is 11.8 Å². The first kappa shape index (κ1) is 15.5. The number of rotatable bonds is 6. The highest BCUT2D eigenvalue weighted by molar-refractivity contribution is 8.00. The van der Waals surface area contributed by atoms with Crippen molar-refractivity contribution in [2.24, 2.45) is 5.73 Å². The predicted octanol–water partition coefficient (Wildman–Crippen LogP) is 1.23. The quantitative estimate of drug-likeness (QED) is 0.731. The molecule has 1 rings (SSSR count). The van der Waals surface area contributed by atoms with Gasteiger partial charge in [0.2, 0.25) is 11.8 Å². The summed E-state index contributed by atoms with van der Waals surface area (Å²) < 4.78 is 0. The Labute approximate surface area is 116 Å². The van der Waals surface area contributed by atoms with Gasteiger partial charge >= 0.3 is 0 Å². The number of nitrogens with two attached hydrogens (primary N) is 1. The minimum Gasteiger partial charge on any atom is -0.392 e. The molecule has 2 unspecified atom stereocenters. The fraction of sp³-hybridized carbons (Fsp3) is 0.385. The van der Waals surface area contributed by atoms with Crippen molar-refractivity contribution in [2.45, 2.75) is 25.2 Å². The summed E-state index contributed by atoms with van der Waals surface area (Å²) in [4.78, 5) is 22.5. The van der Waals surface area contributed by atoms with Gasteiger partial charge in [-0.3, -0.25) is 9.59 Å². The molecule has 4 N–H and O–H groups in total. The van der Waals surface area contributed by atoms with Crippen LogP contribution in [0.1, 0.15) is 24.2 Å². The number of hydrogen-bond acceptors (Lipinski definition) is 4. The highest BCUT2D eigenvalue weighted by atomic mass is 32.2. The lowest BCUT2D eigenvalue weighted by Gasteiger charge is -2.13. The third-order valence-corrected chi connectivity index (χ3v) is 3.96. The van der Waals surface area contributed by atoms with Gasteiger partial charge < -0.3 is 16.2 Å². The van der Waals surface area contributed by atoms with E-state index in [1.807, 2.05) is 6.92 Å². The van der Waals surface area contributed by atoms with Crippen LogP contribution in [0.2, 0.25) is 0 Å². The number of carbonyl (C=O) groups excluding carboxylic acids is 2. The highest BCUT2D eigenvalue weighted by Gasteiger charge is 2.11. The zero-order chi connectivity index (χ0) is 14.4. The molecule has 0 saturated carbocycles. The van der Waals surface area contributed by atoms with E-state index in [2.05, 4.69) is 5.32 Å². The molecule has 6 heteroatoms. The van der Waals surface area contributed by atoms with Gasteiger partial charge in [-0.25, -0.2) is 0 Å². The van der Waals surface area contributed by atoms with E-state index >= 15 is 0 Å². The largest absolute Gasteiger partial charge is 0.392 e. The van der Waals surface area contributed by atoms with Crippen molar-refractivity contribution in [1.82, 2.24) is 0 Å². The Bertz CT molecular complexity index is 446. The van der Waals surface area contributed by atoms with Crippen molar-refractivity contribution >= 4 is 29.3 Å². The van der Waals surface area contributed by atoms with E-state index in [1.54, 1.807) is 31.2 Å². The Kier molecular flexibility index (Phi) is 5.85. The third-order valence-electron chi connectivity index (χ3n) is 2.61. The summed E-state index contributed by atoms with van der Waals surface area (Å²) in [6.45, 7) is 3.56. The molecule has 1 aromatic carbocycles. The number of benzene rings is 1. The SMILES string of the molecule is CC(O)C(C)SCC(=O)Nc1ccc(C(N)=O)cc1. The maximum atomic E-state index is 11.7. The first-order valence-corrected chi connectivity index (χ1v) is 6.94. The minimum atomic E-state index is -0.501. The highest BCUT2D eigenvalue weighted by Crippen LogP contribution is 2.15.